The summed E-state index contributed by atoms with van der Waals surface area (Å²) in [6, 6.07) is 9.86. The number of rotatable bonds is 2. The molecule has 1 aliphatic heterocycles. The van der Waals surface area contributed by atoms with E-state index in [2.05, 4.69) is 18.2 Å². The maximum Gasteiger partial charge on any atom is 0.231 e. The summed E-state index contributed by atoms with van der Waals surface area (Å²) in [6.45, 7) is 4.30. The third-order valence-corrected chi connectivity index (χ3v) is 3.20. The van der Waals surface area contributed by atoms with Gasteiger partial charge in [0.2, 0.25) is 6.79 Å². The number of fused-ring (bicyclic) bond motifs is 1. The lowest BCUT2D eigenvalue weighted by atomic mass is 9.96. The van der Waals surface area contributed by atoms with Crippen molar-refractivity contribution >= 4 is 6.29 Å². The molecule has 3 nitrogen and oxygen atoms in total. The molecular formula is C16H14O3. The van der Waals surface area contributed by atoms with Gasteiger partial charge in [0.1, 0.15) is 0 Å². The second-order valence-electron chi connectivity index (χ2n) is 4.79. The zero-order chi connectivity index (χ0) is 13.4. The van der Waals surface area contributed by atoms with Crippen LogP contribution in [0, 0.1) is 13.8 Å². The first-order chi connectivity index (χ1) is 9.17. The number of carbonyl (C=O) groups is 1. The summed E-state index contributed by atoms with van der Waals surface area (Å²) in [6.07, 6.45) is 0.856. The molecular weight excluding hydrogens is 240 g/mol. The molecule has 0 unspecified atom stereocenters. The molecule has 0 fully saturated rings. The van der Waals surface area contributed by atoms with Crippen LogP contribution in [0.4, 0.5) is 0 Å². The molecule has 2 aromatic carbocycles. The minimum absolute atomic E-state index is 0.212. The van der Waals surface area contributed by atoms with Crippen LogP contribution in [-0.2, 0) is 0 Å². The number of hydrogen-bond acceptors (Lipinski definition) is 3. The number of ether oxygens (including phenoxy) is 2. The van der Waals surface area contributed by atoms with E-state index in [1.54, 1.807) is 6.07 Å². The van der Waals surface area contributed by atoms with Crippen molar-refractivity contribution in [2.45, 2.75) is 13.8 Å². The van der Waals surface area contributed by atoms with Crippen molar-refractivity contribution in [3.63, 3.8) is 0 Å². The molecule has 0 saturated heterocycles. The van der Waals surface area contributed by atoms with Crippen molar-refractivity contribution in [3.8, 4) is 22.6 Å². The van der Waals surface area contributed by atoms with Crippen LogP contribution in [0.2, 0.25) is 0 Å². The van der Waals surface area contributed by atoms with E-state index >= 15 is 0 Å². The second-order valence-corrected chi connectivity index (χ2v) is 4.79. The van der Waals surface area contributed by atoms with Crippen LogP contribution in [0.1, 0.15) is 21.5 Å². The Morgan fingerprint density at radius 1 is 0.947 bits per heavy atom. The molecule has 1 aliphatic rings. The van der Waals surface area contributed by atoms with Crippen LogP contribution in [-0.4, -0.2) is 13.1 Å². The van der Waals surface area contributed by atoms with Gasteiger partial charge in [-0.1, -0.05) is 29.3 Å². The van der Waals surface area contributed by atoms with Crippen molar-refractivity contribution < 1.29 is 14.3 Å². The maximum atomic E-state index is 11.3. The molecule has 0 aromatic heterocycles. The van der Waals surface area contributed by atoms with E-state index < -0.39 is 0 Å². The molecule has 2 aromatic rings. The Labute approximate surface area is 111 Å². The summed E-state index contributed by atoms with van der Waals surface area (Å²) in [4.78, 5) is 11.3. The zero-order valence-electron chi connectivity index (χ0n) is 10.9. The van der Waals surface area contributed by atoms with Gasteiger partial charge < -0.3 is 9.47 Å². The van der Waals surface area contributed by atoms with Crippen LogP contribution in [0.15, 0.2) is 30.3 Å². The molecule has 0 aliphatic carbocycles. The summed E-state index contributed by atoms with van der Waals surface area (Å²) >= 11 is 0. The first kappa shape index (κ1) is 11.8. The van der Waals surface area contributed by atoms with E-state index in [0.717, 1.165) is 17.4 Å². The van der Waals surface area contributed by atoms with Crippen molar-refractivity contribution in [1.82, 2.24) is 0 Å². The van der Waals surface area contributed by atoms with E-state index in [-0.39, 0.29) is 6.79 Å². The molecule has 19 heavy (non-hydrogen) atoms. The van der Waals surface area contributed by atoms with E-state index in [0.29, 0.717) is 17.1 Å². The lowest BCUT2D eigenvalue weighted by Crippen LogP contribution is -1.92. The normalized spacial score (nSPS) is 12.5. The Morgan fingerprint density at radius 3 is 2.21 bits per heavy atom. The topological polar surface area (TPSA) is 35.5 Å². The summed E-state index contributed by atoms with van der Waals surface area (Å²) in [5.41, 5.74) is 4.87. The van der Waals surface area contributed by atoms with E-state index in [4.69, 9.17) is 9.47 Å². The summed E-state index contributed by atoms with van der Waals surface area (Å²) in [7, 11) is 0. The highest BCUT2D eigenvalue weighted by Crippen LogP contribution is 2.38. The van der Waals surface area contributed by atoms with E-state index in [9.17, 15) is 4.79 Å². The average Bonchev–Trinajstić information content (AvgIpc) is 2.83. The third kappa shape index (κ3) is 2.08. The zero-order valence-corrected chi connectivity index (χ0v) is 10.9. The Kier molecular flexibility index (Phi) is 2.75. The molecule has 3 rings (SSSR count). The van der Waals surface area contributed by atoms with Crippen LogP contribution in [0.5, 0.6) is 11.5 Å². The molecule has 0 saturated carbocycles. The van der Waals surface area contributed by atoms with Crippen LogP contribution in [0.25, 0.3) is 11.1 Å². The quantitative estimate of drug-likeness (QED) is 0.769. The minimum Gasteiger partial charge on any atom is -0.454 e. The molecule has 0 bridgehead atoms. The van der Waals surface area contributed by atoms with Gasteiger partial charge in [-0.3, -0.25) is 4.79 Å². The van der Waals surface area contributed by atoms with Gasteiger partial charge >= 0.3 is 0 Å². The first-order valence-corrected chi connectivity index (χ1v) is 6.15. The van der Waals surface area contributed by atoms with Crippen LogP contribution in [0.3, 0.4) is 0 Å². The fourth-order valence-corrected chi connectivity index (χ4v) is 2.44. The summed E-state index contributed by atoms with van der Waals surface area (Å²) in [5, 5.41) is 0. The predicted octanol–water partition coefficient (Wildman–Crippen LogP) is 3.51. The Hall–Kier alpha value is -2.29. The molecule has 1 heterocycles. The Morgan fingerprint density at radius 2 is 1.58 bits per heavy atom. The first-order valence-electron chi connectivity index (χ1n) is 6.15. The van der Waals surface area contributed by atoms with Gasteiger partial charge in [0, 0.05) is 5.56 Å². The van der Waals surface area contributed by atoms with Gasteiger partial charge in [0.25, 0.3) is 0 Å². The standard InChI is InChI=1S/C16H14O3/c1-10-3-11(2)5-12(4-10)14-7-16-15(18-9-19-16)6-13(14)8-17/h3-8H,9H2,1-2H3. The van der Waals surface area contributed by atoms with Gasteiger partial charge in [0.05, 0.1) is 0 Å². The number of aryl methyl sites for hydroxylation is 2. The van der Waals surface area contributed by atoms with Crippen LogP contribution < -0.4 is 9.47 Å². The minimum atomic E-state index is 0.212. The number of hydrogen-bond donors (Lipinski definition) is 0. The molecule has 3 heteroatoms. The molecule has 0 radical (unpaired) electrons. The fourth-order valence-electron chi connectivity index (χ4n) is 2.44. The number of carbonyl (C=O) groups excluding carboxylic acids is 1. The van der Waals surface area contributed by atoms with Gasteiger partial charge in [-0.2, -0.15) is 0 Å². The lowest BCUT2D eigenvalue weighted by Gasteiger charge is -2.09. The number of benzene rings is 2. The Balaban J connectivity index is 2.21. The largest absolute Gasteiger partial charge is 0.454 e. The van der Waals surface area contributed by atoms with Gasteiger partial charge in [-0.25, -0.2) is 0 Å². The monoisotopic (exact) mass is 254 g/mol. The SMILES string of the molecule is Cc1cc(C)cc(-c2cc3c(cc2C=O)OCO3)c1. The van der Waals surface area contributed by atoms with Crippen LogP contribution >= 0.6 is 0 Å². The highest BCUT2D eigenvalue weighted by molar-refractivity contribution is 5.89. The lowest BCUT2D eigenvalue weighted by molar-refractivity contribution is 0.112. The van der Waals surface area contributed by atoms with E-state index in [1.807, 2.05) is 19.9 Å². The highest BCUT2D eigenvalue weighted by Gasteiger charge is 2.18. The molecule has 0 spiro atoms. The summed E-state index contributed by atoms with van der Waals surface area (Å²) in [5.74, 6) is 1.33. The molecule has 0 N–H and O–H groups in total. The predicted molar refractivity (Wildman–Crippen MR) is 72.9 cm³/mol. The number of aldehydes is 1. The van der Waals surface area contributed by atoms with Crippen molar-refractivity contribution in [2.75, 3.05) is 6.79 Å². The molecule has 0 amide bonds. The van der Waals surface area contributed by atoms with Crippen molar-refractivity contribution in [3.05, 3.63) is 47.0 Å². The van der Waals surface area contributed by atoms with Crippen molar-refractivity contribution in [1.29, 1.82) is 0 Å². The van der Waals surface area contributed by atoms with Gasteiger partial charge in [0.15, 0.2) is 17.8 Å². The van der Waals surface area contributed by atoms with Gasteiger partial charge in [-0.05, 0) is 37.1 Å². The van der Waals surface area contributed by atoms with Crippen molar-refractivity contribution in [2.24, 2.45) is 0 Å². The fraction of sp³-hybridized carbons (Fsp3) is 0.188. The summed E-state index contributed by atoms with van der Waals surface area (Å²) < 4.78 is 10.7. The molecule has 0 atom stereocenters. The Bertz CT molecular complexity index is 639. The maximum absolute atomic E-state index is 11.3. The van der Waals surface area contributed by atoms with E-state index in [1.165, 1.54) is 11.1 Å². The smallest absolute Gasteiger partial charge is 0.231 e. The highest BCUT2D eigenvalue weighted by atomic mass is 16.7. The van der Waals surface area contributed by atoms with Gasteiger partial charge in [-0.15, -0.1) is 0 Å². The molecule has 96 valence electrons. The third-order valence-electron chi connectivity index (χ3n) is 3.20. The second kappa shape index (κ2) is 4.43. The average molecular weight is 254 g/mol.